The van der Waals surface area contributed by atoms with Gasteiger partial charge in [0, 0.05) is 13.1 Å². The molecule has 2 nitrogen and oxygen atoms in total. The Labute approximate surface area is 75.9 Å². The van der Waals surface area contributed by atoms with Crippen LogP contribution in [0.5, 0.6) is 0 Å². The van der Waals surface area contributed by atoms with Crippen molar-refractivity contribution in [1.82, 2.24) is 4.90 Å². The third-order valence-corrected chi connectivity index (χ3v) is 2.40. The summed E-state index contributed by atoms with van der Waals surface area (Å²) in [6, 6.07) is 0. The molecule has 0 aromatic rings. The average Bonchev–Trinajstić information content (AvgIpc) is 2.48. The Balaban J connectivity index is 2.30. The van der Waals surface area contributed by atoms with Crippen LogP contribution in [0.2, 0.25) is 0 Å². The maximum absolute atomic E-state index is 5.65. The van der Waals surface area contributed by atoms with E-state index in [1.807, 2.05) is 0 Å². The van der Waals surface area contributed by atoms with Crippen molar-refractivity contribution in [3.05, 3.63) is 0 Å². The molecule has 1 aliphatic heterocycles. The summed E-state index contributed by atoms with van der Waals surface area (Å²) in [5.41, 5.74) is 0. The van der Waals surface area contributed by atoms with Gasteiger partial charge in [0.25, 0.3) is 0 Å². The minimum absolute atomic E-state index is 0.386. The molecule has 0 aromatic heterocycles. The van der Waals surface area contributed by atoms with E-state index in [-0.39, 0.29) is 0 Å². The molecule has 0 radical (unpaired) electrons. The Kier molecular flexibility index (Phi) is 4.02. The number of nitrogens with zero attached hydrogens (tertiary/aromatic N) is 1. The van der Waals surface area contributed by atoms with Crippen molar-refractivity contribution in [2.75, 3.05) is 19.7 Å². The van der Waals surface area contributed by atoms with Gasteiger partial charge in [-0.2, -0.15) is 0 Å². The summed E-state index contributed by atoms with van der Waals surface area (Å²) in [5, 5.41) is 0. The second-order valence-electron chi connectivity index (χ2n) is 3.89. The van der Waals surface area contributed by atoms with Gasteiger partial charge in [0.05, 0.1) is 6.61 Å². The minimum Gasteiger partial charge on any atom is -0.362 e. The molecule has 0 spiro atoms. The Hall–Kier alpha value is -0.0800. The molecule has 0 aromatic carbocycles. The Bertz CT molecular complexity index is 125. The maximum Gasteiger partial charge on any atom is 0.113 e. The van der Waals surface area contributed by atoms with Crippen molar-refractivity contribution in [2.24, 2.45) is 5.92 Å². The first-order chi connectivity index (χ1) is 5.75. The fourth-order valence-electron chi connectivity index (χ4n) is 1.74. The van der Waals surface area contributed by atoms with Crippen LogP contribution >= 0.6 is 0 Å². The Morgan fingerprint density at radius 1 is 1.50 bits per heavy atom. The van der Waals surface area contributed by atoms with Gasteiger partial charge >= 0.3 is 0 Å². The van der Waals surface area contributed by atoms with E-state index < -0.39 is 0 Å². The van der Waals surface area contributed by atoms with Gasteiger partial charge in [-0.25, -0.2) is 0 Å². The normalized spacial score (nSPS) is 25.5. The van der Waals surface area contributed by atoms with Crippen molar-refractivity contribution < 1.29 is 4.74 Å². The average molecular weight is 171 g/mol. The number of hydrogen-bond acceptors (Lipinski definition) is 2. The second kappa shape index (κ2) is 4.83. The zero-order chi connectivity index (χ0) is 8.97. The first-order valence-corrected chi connectivity index (χ1v) is 5.11. The molecule has 0 aliphatic carbocycles. The minimum atomic E-state index is 0.386. The van der Waals surface area contributed by atoms with Crippen LogP contribution in [0.25, 0.3) is 0 Å². The molecule has 1 unspecified atom stereocenters. The van der Waals surface area contributed by atoms with Gasteiger partial charge in [-0.15, -0.1) is 0 Å². The molecule has 0 bridgehead atoms. The summed E-state index contributed by atoms with van der Waals surface area (Å²) in [7, 11) is 0. The third-order valence-electron chi connectivity index (χ3n) is 2.40. The lowest BCUT2D eigenvalue weighted by molar-refractivity contribution is -0.00211. The largest absolute Gasteiger partial charge is 0.362 e. The van der Waals surface area contributed by atoms with E-state index >= 15 is 0 Å². The zero-order valence-corrected chi connectivity index (χ0v) is 8.55. The highest BCUT2D eigenvalue weighted by atomic mass is 16.5. The van der Waals surface area contributed by atoms with E-state index in [2.05, 4.69) is 25.7 Å². The highest BCUT2D eigenvalue weighted by Crippen LogP contribution is 2.18. The molecule has 1 aliphatic rings. The molecule has 0 N–H and O–H groups in total. The van der Waals surface area contributed by atoms with Crippen molar-refractivity contribution in [1.29, 1.82) is 0 Å². The Morgan fingerprint density at radius 2 is 2.25 bits per heavy atom. The smallest absolute Gasteiger partial charge is 0.113 e. The summed E-state index contributed by atoms with van der Waals surface area (Å²) in [6.45, 7) is 9.96. The van der Waals surface area contributed by atoms with Crippen LogP contribution in [0.3, 0.4) is 0 Å². The van der Waals surface area contributed by atoms with Gasteiger partial charge in [-0.1, -0.05) is 27.2 Å². The van der Waals surface area contributed by atoms with E-state index in [1.54, 1.807) is 0 Å². The van der Waals surface area contributed by atoms with Gasteiger partial charge in [0.2, 0.25) is 0 Å². The van der Waals surface area contributed by atoms with Gasteiger partial charge in [0.1, 0.15) is 6.23 Å². The van der Waals surface area contributed by atoms with Crippen molar-refractivity contribution in [2.45, 2.75) is 39.8 Å². The zero-order valence-electron chi connectivity index (χ0n) is 8.55. The predicted molar refractivity (Wildman–Crippen MR) is 51.1 cm³/mol. The van der Waals surface area contributed by atoms with Gasteiger partial charge in [-0.3, -0.25) is 4.90 Å². The standard InChI is InChI=1S/C10H21NO/c1-4-5-6-11-7-8-12-10(11)9(2)3/h9-10H,4-8H2,1-3H3. The molecule has 1 heterocycles. The van der Waals surface area contributed by atoms with Crippen LogP contribution in [0.4, 0.5) is 0 Å². The number of rotatable bonds is 4. The number of unbranched alkanes of at least 4 members (excludes halogenated alkanes) is 1. The second-order valence-corrected chi connectivity index (χ2v) is 3.89. The van der Waals surface area contributed by atoms with Gasteiger partial charge < -0.3 is 4.74 Å². The monoisotopic (exact) mass is 171 g/mol. The van der Waals surface area contributed by atoms with Crippen LogP contribution in [-0.2, 0) is 4.74 Å². The predicted octanol–water partition coefficient (Wildman–Crippen LogP) is 2.10. The summed E-state index contributed by atoms with van der Waals surface area (Å²) >= 11 is 0. The van der Waals surface area contributed by atoms with Crippen LogP contribution in [0.15, 0.2) is 0 Å². The first-order valence-electron chi connectivity index (χ1n) is 5.11. The molecule has 0 saturated carbocycles. The first kappa shape index (κ1) is 10.0. The van der Waals surface area contributed by atoms with Gasteiger partial charge in [0.15, 0.2) is 0 Å². The molecule has 72 valence electrons. The van der Waals surface area contributed by atoms with E-state index in [0.29, 0.717) is 12.1 Å². The SMILES string of the molecule is CCCCN1CCOC1C(C)C. The molecule has 1 rings (SSSR count). The quantitative estimate of drug-likeness (QED) is 0.642. The van der Waals surface area contributed by atoms with Crippen molar-refractivity contribution in [3.8, 4) is 0 Å². The summed E-state index contributed by atoms with van der Waals surface area (Å²) in [6.07, 6.45) is 2.96. The van der Waals surface area contributed by atoms with Gasteiger partial charge in [-0.05, 0) is 12.3 Å². The lowest BCUT2D eigenvalue weighted by Crippen LogP contribution is -2.34. The molecular weight excluding hydrogens is 150 g/mol. The fraction of sp³-hybridized carbons (Fsp3) is 1.00. The highest BCUT2D eigenvalue weighted by molar-refractivity contribution is 4.71. The molecule has 0 amide bonds. The van der Waals surface area contributed by atoms with Crippen LogP contribution in [0.1, 0.15) is 33.6 Å². The van der Waals surface area contributed by atoms with E-state index in [4.69, 9.17) is 4.74 Å². The number of hydrogen-bond donors (Lipinski definition) is 0. The summed E-state index contributed by atoms with van der Waals surface area (Å²) in [5.74, 6) is 0.629. The molecule has 2 heteroatoms. The van der Waals surface area contributed by atoms with Crippen molar-refractivity contribution in [3.63, 3.8) is 0 Å². The molecule has 12 heavy (non-hydrogen) atoms. The maximum atomic E-state index is 5.65. The van der Waals surface area contributed by atoms with E-state index in [1.165, 1.54) is 19.4 Å². The molecular formula is C10H21NO. The number of ether oxygens (including phenoxy) is 1. The van der Waals surface area contributed by atoms with Crippen LogP contribution < -0.4 is 0 Å². The topological polar surface area (TPSA) is 12.5 Å². The van der Waals surface area contributed by atoms with Crippen LogP contribution in [-0.4, -0.2) is 30.8 Å². The van der Waals surface area contributed by atoms with Crippen molar-refractivity contribution >= 4 is 0 Å². The van der Waals surface area contributed by atoms with E-state index in [0.717, 1.165) is 13.2 Å². The third kappa shape index (κ3) is 2.46. The molecule has 1 fully saturated rings. The summed E-state index contributed by atoms with van der Waals surface area (Å²) in [4.78, 5) is 2.47. The fourth-order valence-corrected chi connectivity index (χ4v) is 1.74. The molecule has 1 atom stereocenters. The highest BCUT2D eigenvalue weighted by Gasteiger charge is 2.26. The lowest BCUT2D eigenvalue weighted by atomic mass is 10.1. The summed E-state index contributed by atoms with van der Waals surface area (Å²) < 4.78 is 5.65. The molecule has 1 saturated heterocycles. The van der Waals surface area contributed by atoms with Crippen LogP contribution in [0, 0.1) is 5.92 Å². The lowest BCUT2D eigenvalue weighted by Gasteiger charge is -2.25. The van der Waals surface area contributed by atoms with E-state index in [9.17, 15) is 0 Å². The Morgan fingerprint density at radius 3 is 2.83 bits per heavy atom.